The second-order valence-corrected chi connectivity index (χ2v) is 6.91. The normalized spacial score (nSPS) is 10.8. The summed E-state index contributed by atoms with van der Waals surface area (Å²) in [7, 11) is 0. The molecule has 0 fully saturated rings. The Morgan fingerprint density at radius 1 is 0.966 bits per heavy atom. The van der Waals surface area contributed by atoms with Crippen LogP contribution in [-0.2, 0) is 0 Å². The first-order valence-corrected chi connectivity index (χ1v) is 9.65. The number of rotatable bonds is 6. The Hall–Kier alpha value is -3.60. The molecule has 4 aromatic rings. The topological polar surface area (TPSA) is 56.2 Å². The molecular weight excluding hydrogens is 362 g/mol. The molecule has 0 aliphatic heterocycles. The molecule has 146 valence electrons. The van der Waals surface area contributed by atoms with Gasteiger partial charge in [0.2, 0.25) is 0 Å². The van der Waals surface area contributed by atoms with Crippen LogP contribution in [0.3, 0.4) is 0 Å². The highest BCUT2D eigenvalue weighted by atomic mass is 16.5. The van der Waals surface area contributed by atoms with Crippen LogP contribution in [0.5, 0.6) is 5.75 Å². The summed E-state index contributed by atoms with van der Waals surface area (Å²) in [5.41, 5.74) is 3.08. The van der Waals surface area contributed by atoms with Crippen LogP contribution >= 0.6 is 0 Å². The smallest absolute Gasteiger partial charge is 0.255 e. The first-order chi connectivity index (χ1) is 14.1. The van der Waals surface area contributed by atoms with Crippen LogP contribution in [0.15, 0.2) is 72.8 Å². The van der Waals surface area contributed by atoms with Crippen LogP contribution in [0.1, 0.15) is 21.7 Å². The van der Waals surface area contributed by atoms with E-state index in [-0.39, 0.29) is 5.91 Å². The van der Waals surface area contributed by atoms with E-state index in [1.807, 2.05) is 74.5 Å². The fraction of sp³-hybridized carbons (Fsp3) is 0.167. The third kappa shape index (κ3) is 3.99. The number of aromatic nitrogens is 2. The molecule has 1 heterocycles. The third-order valence-electron chi connectivity index (χ3n) is 4.90. The zero-order valence-electron chi connectivity index (χ0n) is 16.6. The van der Waals surface area contributed by atoms with E-state index in [0.717, 1.165) is 22.5 Å². The largest absolute Gasteiger partial charge is 0.492 e. The van der Waals surface area contributed by atoms with Gasteiger partial charge in [0.05, 0.1) is 29.2 Å². The highest BCUT2D eigenvalue weighted by molar-refractivity contribution is 5.96. The SMILES string of the molecule is Cc1nn(-c2ccccc2)c(C)c1C(=O)NCCOc1ccc2ccccc2c1. The first kappa shape index (κ1) is 18.7. The van der Waals surface area contributed by atoms with Crippen molar-refractivity contribution >= 4 is 16.7 Å². The summed E-state index contributed by atoms with van der Waals surface area (Å²) >= 11 is 0. The summed E-state index contributed by atoms with van der Waals surface area (Å²) in [4.78, 5) is 12.7. The van der Waals surface area contributed by atoms with Crippen LogP contribution in [0.2, 0.25) is 0 Å². The molecule has 0 spiro atoms. The number of benzene rings is 3. The van der Waals surface area contributed by atoms with E-state index in [1.54, 1.807) is 4.68 Å². The Morgan fingerprint density at radius 2 is 1.69 bits per heavy atom. The van der Waals surface area contributed by atoms with Crippen molar-refractivity contribution in [2.45, 2.75) is 13.8 Å². The maximum atomic E-state index is 12.7. The molecule has 4 rings (SSSR count). The lowest BCUT2D eigenvalue weighted by Crippen LogP contribution is -2.29. The number of fused-ring (bicyclic) bond motifs is 1. The lowest BCUT2D eigenvalue weighted by molar-refractivity contribution is 0.0945. The van der Waals surface area contributed by atoms with E-state index >= 15 is 0 Å². The molecule has 29 heavy (non-hydrogen) atoms. The Kier molecular flexibility index (Phi) is 5.29. The van der Waals surface area contributed by atoms with Crippen molar-refractivity contribution in [3.8, 4) is 11.4 Å². The van der Waals surface area contributed by atoms with Gasteiger partial charge in [-0.25, -0.2) is 4.68 Å². The number of ether oxygens (including phenoxy) is 1. The third-order valence-corrected chi connectivity index (χ3v) is 4.90. The lowest BCUT2D eigenvalue weighted by Gasteiger charge is -2.09. The lowest BCUT2D eigenvalue weighted by atomic mass is 10.1. The number of hydrogen-bond donors (Lipinski definition) is 1. The molecule has 0 radical (unpaired) electrons. The monoisotopic (exact) mass is 385 g/mol. The summed E-state index contributed by atoms with van der Waals surface area (Å²) in [6.45, 7) is 4.58. The van der Waals surface area contributed by atoms with E-state index in [0.29, 0.717) is 24.4 Å². The molecule has 1 amide bonds. The molecule has 0 aliphatic rings. The molecule has 3 aromatic carbocycles. The molecule has 1 N–H and O–H groups in total. The molecule has 0 atom stereocenters. The van der Waals surface area contributed by atoms with Crippen molar-refractivity contribution in [2.75, 3.05) is 13.2 Å². The highest BCUT2D eigenvalue weighted by Crippen LogP contribution is 2.20. The minimum Gasteiger partial charge on any atom is -0.492 e. The fourth-order valence-electron chi connectivity index (χ4n) is 3.47. The molecular formula is C24H23N3O2. The van der Waals surface area contributed by atoms with Crippen LogP contribution in [0, 0.1) is 13.8 Å². The Balaban J connectivity index is 1.38. The number of carbonyl (C=O) groups is 1. The van der Waals surface area contributed by atoms with Crippen molar-refractivity contribution in [1.82, 2.24) is 15.1 Å². The van der Waals surface area contributed by atoms with Crippen LogP contribution in [-0.4, -0.2) is 28.8 Å². The Morgan fingerprint density at radius 3 is 2.48 bits per heavy atom. The first-order valence-electron chi connectivity index (χ1n) is 9.65. The van der Waals surface area contributed by atoms with Crippen LogP contribution < -0.4 is 10.1 Å². The maximum Gasteiger partial charge on any atom is 0.255 e. The van der Waals surface area contributed by atoms with Gasteiger partial charge in [-0.2, -0.15) is 5.10 Å². The maximum absolute atomic E-state index is 12.7. The Bertz CT molecular complexity index is 1150. The number of carbonyl (C=O) groups excluding carboxylic acids is 1. The van der Waals surface area contributed by atoms with Gasteiger partial charge in [0.15, 0.2) is 0 Å². The van der Waals surface area contributed by atoms with Crippen LogP contribution in [0.4, 0.5) is 0 Å². The van der Waals surface area contributed by atoms with Gasteiger partial charge in [0.1, 0.15) is 12.4 Å². The number of para-hydroxylation sites is 1. The van der Waals surface area contributed by atoms with E-state index < -0.39 is 0 Å². The summed E-state index contributed by atoms with van der Waals surface area (Å²) in [6, 6.07) is 23.9. The number of nitrogens with one attached hydrogen (secondary N) is 1. The molecule has 5 heteroatoms. The van der Waals surface area contributed by atoms with Crippen LogP contribution in [0.25, 0.3) is 16.5 Å². The summed E-state index contributed by atoms with van der Waals surface area (Å²) in [5, 5.41) is 9.77. The van der Waals surface area contributed by atoms with E-state index in [2.05, 4.69) is 22.5 Å². The number of aryl methyl sites for hydroxylation is 1. The molecule has 0 saturated carbocycles. The van der Waals surface area contributed by atoms with Crippen molar-refractivity contribution in [2.24, 2.45) is 0 Å². The predicted octanol–water partition coefficient (Wildman–Crippen LogP) is 4.45. The average Bonchev–Trinajstić information content (AvgIpc) is 3.05. The fourth-order valence-corrected chi connectivity index (χ4v) is 3.47. The minimum absolute atomic E-state index is 0.135. The summed E-state index contributed by atoms with van der Waals surface area (Å²) in [5.74, 6) is 0.659. The quantitative estimate of drug-likeness (QED) is 0.499. The van der Waals surface area contributed by atoms with Crippen molar-refractivity contribution in [3.63, 3.8) is 0 Å². The van der Waals surface area contributed by atoms with Gasteiger partial charge in [0, 0.05) is 0 Å². The molecule has 0 aliphatic carbocycles. The van der Waals surface area contributed by atoms with Crippen molar-refractivity contribution in [1.29, 1.82) is 0 Å². The molecule has 0 bridgehead atoms. The van der Waals surface area contributed by atoms with Gasteiger partial charge in [-0.05, 0) is 48.9 Å². The average molecular weight is 385 g/mol. The van der Waals surface area contributed by atoms with Crippen molar-refractivity contribution in [3.05, 3.63) is 89.7 Å². The zero-order chi connectivity index (χ0) is 20.2. The van der Waals surface area contributed by atoms with Gasteiger partial charge < -0.3 is 10.1 Å². The van der Waals surface area contributed by atoms with Gasteiger partial charge in [0.25, 0.3) is 5.91 Å². The molecule has 0 saturated heterocycles. The second-order valence-electron chi connectivity index (χ2n) is 6.91. The standard InChI is InChI=1S/C24H23N3O2/c1-17-23(18(2)27(26-17)21-10-4-3-5-11-21)24(28)25-14-15-29-22-13-12-19-8-6-7-9-20(19)16-22/h3-13,16H,14-15H2,1-2H3,(H,25,28). The molecule has 0 unspecified atom stereocenters. The molecule has 1 aromatic heterocycles. The summed E-state index contributed by atoms with van der Waals surface area (Å²) in [6.07, 6.45) is 0. The van der Waals surface area contributed by atoms with E-state index in [4.69, 9.17) is 4.74 Å². The highest BCUT2D eigenvalue weighted by Gasteiger charge is 2.19. The minimum atomic E-state index is -0.135. The van der Waals surface area contributed by atoms with Gasteiger partial charge >= 0.3 is 0 Å². The van der Waals surface area contributed by atoms with Gasteiger partial charge in [-0.3, -0.25) is 4.79 Å². The Labute approximate surface area is 169 Å². The molecule has 5 nitrogen and oxygen atoms in total. The van der Waals surface area contributed by atoms with Crippen molar-refractivity contribution < 1.29 is 9.53 Å². The number of amides is 1. The number of nitrogens with zero attached hydrogens (tertiary/aromatic N) is 2. The number of hydrogen-bond acceptors (Lipinski definition) is 3. The second kappa shape index (κ2) is 8.19. The van der Waals surface area contributed by atoms with E-state index in [9.17, 15) is 4.79 Å². The van der Waals surface area contributed by atoms with Gasteiger partial charge in [-0.15, -0.1) is 0 Å². The summed E-state index contributed by atoms with van der Waals surface area (Å²) < 4.78 is 7.60. The predicted molar refractivity (Wildman–Crippen MR) is 115 cm³/mol. The zero-order valence-corrected chi connectivity index (χ0v) is 16.6. The van der Waals surface area contributed by atoms with Gasteiger partial charge in [-0.1, -0.05) is 48.5 Å². The van der Waals surface area contributed by atoms with E-state index in [1.165, 1.54) is 5.39 Å².